The van der Waals surface area contributed by atoms with Crippen molar-refractivity contribution in [2.45, 2.75) is 45.6 Å². The van der Waals surface area contributed by atoms with Crippen molar-refractivity contribution >= 4 is 0 Å². The maximum atomic E-state index is 2.40. The first-order valence-electron chi connectivity index (χ1n) is 7.05. The summed E-state index contributed by atoms with van der Waals surface area (Å²) in [5.41, 5.74) is 2.99. The van der Waals surface area contributed by atoms with Crippen molar-refractivity contribution < 1.29 is 4.48 Å². The van der Waals surface area contributed by atoms with Gasteiger partial charge in [-0.1, -0.05) is 38.1 Å². The Morgan fingerprint density at radius 2 is 1.71 bits per heavy atom. The third kappa shape index (κ3) is 3.10. The molecular formula is C16H26N+. The quantitative estimate of drug-likeness (QED) is 0.690. The number of likely N-dealkylation sites (tertiary alicyclic amines) is 1. The lowest BCUT2D eigenvalue weighted by atomic mass is 9.97. The standard InChI is InChI=1S/C16H26N/c1-4-14(2)16-9-7-15(8-10-16)13-17(3)11-5-6-12-17/h7-10,14H,4-6,11-13H2,1-3H3/q+1. The molecule has 0 aliphatic carbocycles. The molecule has 1 heterocycles. The van der Waals surface area contributed by atoms with Gasteiger partial charge in [0.1, 0.15) is 6.54 Å². The van der Waals surface area contributed by atoms with Crippen LogP contribution < -0.4 is 0 Å². The van der Waals surface area contributed by atoms with E-state index in [2.05, 4.69) is 45.2 Å². The van der Waals surface area contributed by atoms with Crippen molar-refractivity contribution in [2.24, 2.45) is 0 Å². The fourth-order valence-electron chi connectivity index (χ4n) is 2.89. The second-order valence-electron chi connectivity index (χ2n) is 5.98. The van der Waals surface area contributed by atoms with Crippen molar-refractivity contribution in [3.63, 3.8) is 0 Å². The SMILES string of the molecule is CCC(C)c1ccc(C[N+]2(C)CCCC2)cc1. The van der Waals surface area contributed by atoms with E-state index in [-0.39, 0.29) is 0 Å². The van der Waals surface area contributed by atoms with Crippen LogP contribution in [0.2, 0.25) is 0 Å². The Balaban J connectivity index is 2.03. The highest BCUT2D eigenvalue weighted by atomic mass is 15.3. The number of hydrogen-bond acceptors (Lipinski definition) is 0. The predicted octanol–water partition coefficient (Wildman–Crippen LogP) is 3.94. The van der Waals surface area contributed by atoms with Crippen LogP contribution in [0.3, 0.4) is 0 Å². The first-order chi connectivity index (χ1) is 8.13. The minimum Gasteiger partial charge on any atom is -0.322 e. The molecule has 0 saturated carbocycles. The Morgan fingerprint density at radius 1 is 1.12 bits per heavy atom. The van der Waals surface area contributed by atoms with Gasteiger partial charge in [-0.25, -0.2) is 0 Å². The predicted molar refractivity (Wildman–Crippen MR) is 74.0 cm³/mol. The number of rotatable bonds is 4. The molecule has 0 N–H and O–H groups in total. The number of benzene rings is 1. The molecule has 1 fully saturated rings. The van der Waals surface area contributed by atoms with Gasteiger partial charge in [0, 0.05) is 18.4 Å². The zero-order valence-corrected chi connectivity index (χ0v) is 11.6. The molecule has 0 spiro atoms. The molecule has 0 aromatic heterocycles. The van der Waals surface area contributed by atoms with Crippen LogP contribution in [0, 0.1) is 0 Å². The van der Waals surface area contributed by atoms with Gasteiger partial charge in [-0.15, -0.1) is 0 Å². The van der Waals surface area contributed by atoms with Crippen LogP contribution >= 0.6 is 0 Å². The maximum absolute atomic E-state index is 2.40. The molecule has 17 heavy (non-hydrogen) atoms. The second-order valence-corrected chi connectivity index (χ2v) is 5.98. The van der Waals surface area contributed by atoms with Crippen LogP contribution in [0.5, 0.6) is 0 Å². The Kier molecular flexibility index (Phi) is 3.88. The molecule has 0 bridgehead atoms. The molecule has 0 radical (unpaired) electrons. The van der Waals surface area contributed by atoms with Crippen molar-refractivity contribution in [3.8, 4) is 0 Å². The molecule has 1 nitrogen and oxygen atoms in total. The van der Waals surface area contributed by atoms with E-state index >= 15 is 0 Å². The van der Waals surface area contributed by atoms with Gasteiger partial charge in [0.25, 0.3) is 0 Å². The average Bonchev–Trinajstić information content (AvgIpc) is 2.76. The molecule has 1 heteroatoms. The topological polar surface area (TPSA) is 0 Å². The van der Waals surface area contributed by atoms with E-state index in [0.29, 0.717) is 5.92 Å². The third-order valence-corrected chi connectivity index (χ3v) is 4.37. The number of nitrogens with zero attached hydrogens (tertiary/aromatic N) is 1. The molecule has 1 atom stereocenters. The molecule has 1 aliphatic rings. The number of quaternary nitrogens is 1. The van der Waals surface area contributed by atoms with Gasteiger partial charge in [-0.3, -0.25) is 0 Å². The van der Waals surface area contributed by atoms with Crippen molar-refractivity contribution in [1.82, 2.24) is 0 Å². The van der Waals surface area contributed by atoms with Gasteiger partial charge in [-0.05, 0) is 17.9 Å². The first-order valence-corrected chi connectivity index (χ1v) is 7.05. The summed E-state index contributed by atoms with van der Waals surface area (Å²) in [6.07, 6.45) is 4.04. The van der Waals surface area contributed by atoms with Gasteiger partial charge >= 0.3 is 0 Å². The van der Waals surface area contributed by atoms with Crippen LogP contribution in [-0.2, 0) is 6.54 Å². The highest BCUT2D eigenvalue weighted by Gasteiger charge is 2.26. The molecule has 1 aromatic carbocycles. The van der Waals surface area contributed by atoms with Crippen LogP contribution in [-0.4, -0.2) is 24.6 Å². The average molecular weight is 232 g/mol. The van der Waals surface area contributed by atoms with E-state index in [1.807, 2.05) is 0 Å². The highest BCUT2D eigenvalue weighted by Crippen LogP contribution is 2.23. The second kappa shape index (κ2) is 5.22. The van der Waals surface area contributed by atoms with Gasteiger partial charge < -0.3 is 4.48 Å². The Labute approximate surface area is 106 Å². The van der Waals surface area contributed by atoms with Gasteiger partial charge in [0.15, 0.2) is 0 Å². The molecule has 1 aromatic rings. The fraction of sp³-hybridized carbons (Fsp3) is 0.625. The molecular weight excluding hydrogens is 206 g/mol. The van der Waals surface area contributed by atoms with Crippen molar-refractivity contribution in [1.29, 1.82) is 0 Å². The van der Waals surface area contributed by atoms with Crippen LogP contribution in [0.1, 0.15) is 50.2 Å². The van der Waals surface area contributed by atoms with Gasteiger partial charge in [0.2, 0.25) is 0 Å². The zero-order chi connectivity index (χ0) is 12.3. The Hall–Kier alpha value is -0.820. The minimum atomic E-state index is 0.695. The lowest BCUT2D eigenvalue weighted by molar-refractivity contribution is -0.910. The van der Waals surface area contributed by atoms with E-state index in [0.717, 1.165) is 0 Å². The largest absolute Gasteiger partial charge is 0.322 e. The minimum absolute atomic E-state index is 0.695. The third-order valence-electron chi connectivity index (χ3n) is 4.37. The van der Waals surface area contributed by atoms with E-state index in [1.54, 1.807) is 0 Å². The van der Waals surface area contributed by atoms with E-state index in [4.69, 9.17) is 0 Å². The van der Waals surface area contributed by atoms with E-state index < -0.39 is 0 Å². The van der Waals surface area contributed by atoms with Crippen LogP contribution in [0.15, 0.2) is 24.3 Å². The first kappa shape index (κ1) is 12.6. The fourth-order valence-corrected chi connectivity index (χ4v) is 2.89. The summed E-state index contributed by atoms with van der Waals surface area (Å²) in [6.45, 7) is 8.49. The lowest BCUT2D eigenvalue weighted by Crippen LogP contribution is -2.39. The summed E-state index contributed by atoms with van der Waals surface area (Å²) < 4.78 is 1.24. The highest BCUT2D eigenvalue weighted by molar-refractivity contribution is 5.24. The van der Waals surface area contributed by atoms with Gasteiger partial charge in [0.05, 0.1) is 20.1 Å². The van der Waals surface area contributed by atoms with E-state index in [9.17, 15) is 0 Å². The van der Waals surface area contributed by atoms with Crippen molar-refractivity contribution in [2.75, 3.05) is 20.1 Å². The summed E-state index contributed by atoms with van der Waals surface area (Å²) in [7, 11) is 2.40. The van der Waals surface area contributed by atoms with Crippen molar-refractivity contribution in [3.05, 3.63) is 35.4 Å². The Bertz CT molecular complexity index is 346. The molecule has 1 unspecified atom stereocenters. The monoisotopic (exact) mass is 232 g/mol. The summed E-state index contributed by atoms with van der Waals surface area (Å²) in [5.74, 6) is 0.695. The smallest absolute Gasteiger partial charge is 0.104 e. The van der Waals surface area contributed by atoms with Crippen LogP contribution in [0.4, 0.5) is 0 Å². The normalized spacial score (nSPS) is 20.4. The lowest BCUT2D eigenvalue weighted by Gasteiger charge is -2.29. The molecule has 0 amide bonds. The molecule has 94 valence electrons. The van der Waals surface area contributed by atoms with Crippen LogP contribution in [0.25, 0.3) is 0 Å². The maximum Gasteiger partial charge on any atom is 0.104 e. The molecule has 1 saturated heterocycles. The summed E-state index contributed by atoms with van der Waals surface area (Å²) in [4.78, 5) is 0. The summed E-state index contributed by atoms with van der Waals surface area (Å²) >= 11 is 0. The Morgan fingerprint density at radius 3 is 2.24 bits per heavy atom. The summed E-state index contributed by atoms with van der Waals surface area (Å²) in [5, 5.41) is 0. The van der Waals surface area contributed by atoms with E-state index in [1.165, 1.54) is 54.5 Å². The zero-order valence-electron chi connectivity index (χ0n) is 11.6. The summed E-state index contributed by atoms with van der Waals surface area (Å²) in [6, 6.07) is 9.32. The van der Waals surface area contributed by atoms with Gasteiger partial charge in [-0.2, -0.15) is 0 Å². The molecule has 2 rings (SSSR count). The number of hydrogen-bond donors (Lipinski definition) is 0. The molecule has 1 aliphatic heterocycles.